The fourth-order valence-electron chi connectivity index (χ4n) is 9.47. The summed E-state index contributed by atoms with van der Waals surface area (Å²) < 4.78 is 13.0. The molecule has 12 aromatic rings. The smallest absolute Gasteiger partial charge is 0.137 e. The summed E-state index contributed by atoms with van der Waals surface area (Å²) in [6, 6.07) is 85.8. The van der Waals surface area contributed by atoms with Crippen molar-refractivity contribution in [3.05, 3.63) is 243 Å². The second-order valence-corrected chi connectivity index (χ2v) is 16.0. The second kappa shape index (κ2) is 15.7. The Morgan fingerprint density at radius 1 is 0.250 bits per heavy atom. The molecule has 0 spiro atoms. The molecule has 64 heavy (non-hydrogen) atoms. The van der Waals surface area contributed by atoms with Crippen molar-refractivity contribution in [3.63, 3.8) is 0 Å². The molecule has 0 atom stereocenters. The van der Waals surface area contributed by atoms with E-state index in [1.54, 1.807) is 0 Å². The van der Waals surface area contributed by atoms with Gasteiger partial charge in [0.2, 0.25) is 0 Å². The van der Waals surface area contributed by atoms with Crippen molar-refractivity contribution in [2.24, 2.45) is 0 Å². The first-order valence-electron chi connectivity index (χ1n) is 21.7. The van der Waals surface area contributed by atoms with Crippen LogP contribution in [0.15, 0.2) is 251 Å². The molecular formula is C60H40N2O2. The number of furan rings is 2. The minimum atomic E-state index is 0.842. The molecule has 0 aliphatic heterocycles. The molecule has 2 aromatic heterocycles. The van der Waals surface area contributed by atoms with Gasteiger partial charge in [-0.05, 0) is 83.4 Å². The molecule has 10 aromatic carbocycles. The summed E-state index contributed by atoms with van der Waals surface area (Å²) in [6.07, 6.45) is 0. The predicted octanol–water partition coefficient (Wildman–Crippen LogP) is 17.4. The highest BCUT2D eigenvalue weighted by Crippen LogP contribution is 2.50. The van der Waals surface area contributed by atoms with Crippen LogP contribution in [0.4, 0.5) is 34.1 Å². The molecule has 0 saturated heterocycles. The fraction of sp³-hybridized carbons (Fsp3) is 0. The zero-order valence-electron chi connectivity index (χ0n) is 34.8. The van der Waals surface area contributed by atoms with E-state index in [1.807, 2.05) is 18.2 Å². The Morgan fingerprint density at radius 2 is 0.609 bits per heavy atom. The van der Waals surface area contributed by atoms with Crippen LogP contribution in [0, 0.1) is 0 Å². The highest BCUT2D eigenvalue weighted by molar-refractivity contribution is 6.15. The maximum absolute atomic E-state index is 6.53. The van der Waals surface area contributed by atoms with E-state index < -0.39 is 0 Å². The highest BCUT2D eigenvalue weighted by Gasteiger charge is 2.26. The van der Waals surface area contributed by atoms with E-state index >= 15 is 0 Å². The van der Waals surface area contributed by atoms with Crippen molar-refractivity contribution < 1.29 is 8.83 Å². The fourth-order valence-corrected chi connectivity index (χ4v) is 9.47. The summed E-state index contributed by atoms with van der Waals surface area (Å²) >= 11 is 0. The Hall–Kier alpha value is -8.60. The normalized spacial score (nSPS) is 11.4. The van der Waals surface area contributed by atoms with Crippen LogP contribution < -0.4 is 9.80 Å². The standard InChI is InChI=1S/C60H40N2O2/c1-3-20-41(21-4-1)45-26-7-12-31-50(45)61(53-34-18-38-57-59(53)48-29-10-15-36-55(48)63-57)44-25-17-24-43(40-44)47-28-9-14-33-52(47)62(51-32-13-8-27-46(51)42-22-5-2-6-23-42)54-35-19-39-58-60(54)49-30-11-16-37-56(49)64-58/h1-40H. The topological polar surface area (TPSA) is 32.8 Å². The van der Waals surface area contributed by atoms with Crippen LogP contribution >= 0.6 is 0 Å². The summed E-state index contributed by atoms with van der Waals surface area (Å²) in [7, 11) is 0. The van der Waals surface area contributed by atoms with E-state index in [9.17, 15) is 0 Å². The minimum absolute atomic E-state index is 0.842. The van der Waals surface area contributed by atoms with E-state index in [0.717, 1.165) is 111 Å². The number of anilines is 6. The molecule has 0 unspecified atom stereocenters. The van der Waals surface area contributed by atoms with Crippen LogP contribution in [0.5, 0.6) is 0 Å². The summed E-state index contributed by atoms with van der Waals surface area (Å²) in [5.41, 5.74) is 16.4. The molecule has 2 heterocycles. The molecule has 0 saturated carbocycles. The van der Waals surface area contributed by atoms with Crippen molar-refractivity contribution in [2.45, 2.75) is 0 Å². The first-order valence-corrected chi connectivity index (χ1v) is 21.7. The molecule has 302 valence electrons. The number of rotatable bonds is 9. The number of hydrogen-bond acceptors (Lipinski definition) is 4. The van der Waals surface area contributed by atoms with Gasteiger partial charge in [-0.1, -0.05) is 176 Å². The SMILES string of the molecule is c1ccc(-c2ccccc2N(c2cccc(-c3ccccc3N(c3ccccc3-c3ccccc3)c3cccc4oc5ccccc5c34)c2)c2cccc3oc4ccccc4c23)cc1. The molecular weight excluding hydrogens is 781 g/mol. The van der Waals surface area contributed by atoms with Crippen molar-refractivity contribution in [3.8, 4) is 33.4 Å². The minimum Gasteiger partial charge on any atom is -0.456 e. The van der Waals surface area contributed by atoms with Gasteiger partial charge in [-0.25, -0.2) is 0 Å². The van der Waals surface area contributed by atoms with Gasteiger partial charge in [0.25, 0.3) is 0 Å². The zero-order valence-corrected chi connectivity index (χ0v) is 34.8. The van der Waals surface area contributed by atoms with Crippen molar-refractivity contribution in [2.75, 3.05) is 9.80 Å². The van der Waals surface area contributed by atoms with Gasteiger partial charge in [0, 0.05) is 33.2 Å². The highest BCUT2D eigenvalue weighted by atomic mass is 16.3. The lowest BCUT2D eigenvalue weighted by atomic mass is 9.97. The van der Waals surface area contributed by atoms with Crippen LogP contribution in [0.25, 0.3) is 77.3 Å². The Morgan fingerprint density at radius 3 is 1.14 bits per heavy atom. The van der Waals surface area contributed by atoms with Crippen molar-refractivity contribution in [1.29, 1.82) is 0 Å². The van der Waals surface area contributed by atoms with Crippen LogP contribution in [0.2, 0.25) is 0 Å². The molecule has 12 rings (SSSR count). The van der Waals surface area contributed by atoms with E-state index in [4.69, 9.17) is 8.83 Å². The molecule has 0 N–H and O–H groups in total. The quantitative estimate of drug-likeness (QED) is 0.145. The Kier molecular flexibility index (Phi) is 9.12. The van der Waals surface area contributed by atoms with Gasteiger partial charge in [-0.15, -0.1) is 0 Å². The van der Waals surface area contributed by atoms with Gasteiger partial charge in [0.05, 0.1) is 39.2 Å². The van der Waals surface area contributed by atoms with Gasteiger partial charge in [-0.2, -0.15) is 0 Å². The van der Waals surface area contributed by atoms with Gasteiger partial charge < -0.3 is 18.6 Å². The van der Waals surface area contributed by atoms with Crippen LogP contribution in [0.3, 0.4) is 0 Å². The molecule has 0 radical (unpaired) electrons. The average molecular weight is 821 g/mol. The molecule has 0 aliphatic carbocycles. The van der Waals surface area contributed by atoms with E-state index in [1.165, 1.54) is 0 Å². The Balaban J connectivity index is 1.11. The number of fused-ring (bicyclic) bond motifs is 6. The van der Waals surface area contributed by atoms with Crippen LogP contribution in [0.1, 0.15) is 0 Å². The monoisotopic (exact) mass is 820 g/mol. The Labute approximate surface area is 371 Å². The lowest BCUT2D eigenvalue weighted by Crippen LogP contribution is -2.13. The van der Waals surface area contributed by atoms with E-state index in [-0.39, 0.29) is 0 Å². The van der Waals surface area contributed by atoms with Crippen LogP contribution in [-0.2, 0) is 0 Å². The molecule has 0 bridgehead atoms. The van der Waals surface area contributed by atoms with E-state index in [0.29, 0.717) is 0 Å². The molecule has 0 amide bonds. The number of hydrogen-bond donors (Lipinski definition) is 0. The summed E-state index contributed by atoms with van der Waals surface area (Å²) in [5.74, 6) is 0. The summed E-state index contributed by atoms with van der Waals surface area (Å²) in [6.45, 7) is 0. The Bertz CT molecular complexity index is 3640. The van der Waals surface area contributed by atoms with Gasteiger partial charge in [0.1, 0.15) is 22.3 Å². The number of para-hydroxylation sites is 5. The van der Waals surface area contributed by atoms with Gasteiger partial charge in [-0.3, -0.25) is 0 Å². The van der Waals surface area contributed by atoms with Crippen molar-refractivity contribution >= 4 is 78.0 Å². The average Bonchev–Trinajstić information content (AvgIpc) is 3.95. The van der Waals surface area contributed by atoms with Crippen LogP contribution in [-0.4, -0.2) is 0 Å². The third-order valence-electron chi connectivity index (χ3n) is 12.3. The lowest BCUT2D eigenvalue weighted by Gasteiger charge is -2.31. The largest absolute Gasteiger partial charge is 0.456 e. The lowest BCUT2D eigenvalue weighted by molar-refractivity contribution is 0.668. The zero-order chi connectivity index (χ0) is 42.4. The molecule has 0 aliphatic rings. The van der Waals surface area contributed by atoms with Gasteiger partial charge in [0.15, 0.2) is 0 Å². The third kappa shape index (κ3) is 6.31. The molecule has 4 nitrogen and oxygen atoms in total. The molecule has 0 fully saturated rings. The third-order valence-corrected chi connectivity index (χ3v) is 12.3. The molecule has 4 heteroatoms. The predicted molar refractivity (Wildman–Crippen MR) is 267 cm³/mol. The first kappa shape index (κ1) is 37.2. The van der Waals surface area contributed by atoms with E-state index in [2.05, 4.69) is 234 Å². The number of nitrogens with zero attached hydrogens (tertiary/aromatic N) is 2. The second-order valence-electron chi connectivity index (χ2n) is 16.0. The first-order chi connectivity index (χ1) is 31.8. The van der Waals surface area contributed by atoms with Gasteiger partial charge >= 0.3 is 0 Å². The maximum Gasteiger partial charge on any atom is 0.137 e. The maximum atomic E-state index is 6.53. The van der Waals surface area contributed by atoms with Crippen molar-refractivity contribution in [1.82, 2.24) is 0 Å². The summed E-state index contributed by atoms with van der Waals surface area (Å²) in [5, 5.41) is 4.28. The summed E-state index contributed by atoms with van der Waals surface area (Å²) in [4.78, 5) is 4.83. The number of benzene rings is 10.